The van der Waals surface area contributed by atoms with Crippen molar-refractivity contribution < 1.29 is 4.84 Å². The average Bonchev–Trinajstić information content (AvgIpc) is 2.06. The molecule has 0 saturated carbocycles. The Morgan fingerprint density at radius 3 is 3.09 bits per heavy atom. The third-order valence-electron chi connectivity index (χ3n) is 1.30. The molecule has 1 rings (SSSR count). The van der Waals surface area contributed by atoms with Crippen molar-refractivity contribution in [2.45, 2.75) is 6.61 Å². The highest BCUT2D eigenvalue weighted by Gasteiger charge is 1.92. The molecule has 0 fully saturated rings. The number of nitrogens with zero attached hydrogens (tertiary/aromatic N) is 1. The first kappa shape index (κ1) is 7.91. The van der Waals surface area contributed by atoms with Gasteiger partial charge in [-0.2, -0.15) is 0 Å². The van der Waals surface area contributed by atoms with Crippen LogP contribution in [0.5, 0.6) is 0 Å². The Bertz CT molecular complexity index is 248. The van der Waals surface area contributed by atoms with Crippen molar-refractivity contribution in [3.63, 3.8) is 0 Å². The van der Waals surface area contributed by atoms with Crippen LogP contribution in [0.3, 0.4) is 0 Å². The van der Waals surface area contributed by atoms with Gasteiger partial charge in [0.15, 0.2) is 0 Å². The maximum atomic E-state index is 4.90. The molecule has 0 amide bonds. The van der Waals surface area contributed by atoms with Gasteiger partial charge in [-0.3, -0.25) is 9.82 Å². The van der Waals surface area contributed by atoms with E-state index >= 15 is 0 Å². The number of pyridine rings is 1. The fraction of sp³-hybridized carbons (Fsp3) is 0.125. The molecule has 1 heterocycles. The molecule has 0 aliphatic rings. The van der Waals surface area contributed by atoms with Crippen LogP contribution in [0.25, 0.3) is 6.08 Å². The molecule has 0 spiro atoms. The molecule has 0 atom stereocenters. The molecule has 1 aromatic rings. The second-order valence-electron chi connectivity index (χ2n) is 2.14. The topological polar surface area (TPSA) is 48.1 Å². The van der Waals surface area contributed by atoms with Crippen LogP contribution in [0, 0.1) is 0 Å². The van der Waals surface area contributed by atoms with Crippen molar-refractivity contribution in [3.8, 4) is 0 Å². The molecule has 1 aromatic heterocycles. The lowest BCUT2D eigenvalue weighted by molar-refractivity contribution is 0.124. The Morgan fingerprint density at radius 1 is 1.64 bits per heavy atom. The number of hydrogen-bond donors (Lipinski definition) is 1. The van der Waals surface area contributed by atoms with Gasteiger partial charge in [-0.05, 0) is 17.2 Å². The molecule has 3 nitrogen and oxygen atoms in total. The lowest BCUT2D eigenvalue weighted by atomic mass is 10.2. The minimum absolute atomic E-state index is 0.384. The molecule has 3 heteroatoms. The van der Waals surface area contributed by atoms with E-state index in [-0.39, 0.29) is 0 Å². The Morgan fingerprint density at radius 2 is 2.45 bits per heavy atom. The molecule has 0 radical (unpaired) electrons. The van der Waals surface area contributed by atoms with Crippen molar-refractivity contribution in [1.29, 1.82) is 0 Å². The minimum atomic E-state index is 0.384. The van der Waals surface area contributed by atoms with Gasteiger partial charge in [-0.25, -0.2) is 5.90 Å². The second-order valence-corrected chi connectivity index (χ2v) is 2.14. The van der Waals surface area contributed by atoms with Gasteiger partial charge in [0.05, 0.1) is 6.61 Å². The summed E-state index contributed by atoms with van der Waals surface area (Å²) in [6, 6.07) is 1.92. The van der Waals surface area contributed by atoms with E-state index in [1.807, 2.05) is 6.07 Å². The first-order valence-electron chi connectivity index (χ1n) is 3.25. The third kappa shape index (κ3) is 2.14. The van der Waals surface area contributed by atoms with Crippen LogP contribution in [0.2, 0.25) is 0 Å². The fourth-order valence-corrected chi connectivity index (χ4v) is 0.794. The molecule has 0 aliphatic carbocycles. The molecule has 0 bridgehead atoms. The molecule has 11 heavy (non-hydrogen) atoms. The third-order valence-corrected chi connectivity index (χ3v) is 1.30. The second kappa shape index (κ2) is 3.85. The predicted octanol–water partition coefficient (Wildman–Crippen LogP) is 1.11. The van der Waals surface area contributed by atoms with Crippen LogP contribution in [0.1, 0.15) is 11.1 Å². The van der Waals surface area contributed by atoms with E-state index in [0.29, 0.717) is 6.61 Å². The van der Waals surface area contributed by atoms with E-state index in [0.717, 1.165) is 11.1 Å². The summed E-state index contributed by atoms with van der Waals surface area (Å²) in [5.74, 6) is 4.90. The summed E-state index contributed by atoms with van der Waals surface area (Å²) in [4.78, 5) is 8.42. The highest BCUT2D eigenvalue weighted by molar-refractivity contribution is 5.45. The Labute approximate surface area is 65.5 Å². The monoisotopic (exact) mass is 150 g/mol. The van der Waals surface area contributed by atoms with E-state index < -0.39 is 0 Å². The summed E-state index contributed by atoms with van der Waals surface area (Å²) in [5, 5.41) is 0. The van der Waals surface area contributed by atoms with Crippen LogP contribution in [0.15, 0.2) is 25.0 Å². The molecule has 0 saturated heterocycles. The molecular weight excluding hydrogens is 140 g/mol. The summed E-state index contributed by atoms with van der Waals surface area (Å²) in [6.45, 7) is 4.00. The zero-order valence-electron chi connectivity index (χ0n) is 6.16. The molecular formula is C8H10N2O. The van der Waals surface area contributed by atoms with E-state index in [1.54, 1.807) is 18.5 Å². The minimum Gasteiger partial charge on any atom is -0.300 e. The Balaban J connectivity index is 2.82. The summed E-state index contributed by atoms with van der Waals surface area (Å²) >= 11 is 0. The molecule has 58 valence electrons. The van der Waals surface area contributed by atoms with Gasteiger partial charge in [0.1, 0.15) is 0 Å². The van der Waals surface area contributed by atoms with Crippen molar-refractivity contribution in [3.05, 3.63) is 36.2 Å². The van der Waals surface area contributed by atoms with E-state index in [4.69, 9.17) is 5.90 Å². The van der Waals surface area contributed by atoms with Crippen molar-refractivity contribution in [2.75, 3.05) is 0 Å². The lowest BCUT2D eigenvalue weighted by Crippen LogP contribution is -1.99. The first-order chi connectivity index (χ1) is 5.36. The van der Waals surface area contributed by atoms with Gasteiger partial charge in [-0.15, -0.1) is 0 Å². The Hall–Kier alpha value is -1.19. The van der Waals surface area contributed by atoms with Gasteiger partial charge in [0.25, 0.3) is 0 Å². The largest absolute Gasteiger partial charge is 0.300 e. The van der Waals surface area contributed by atoms with Crippen molar-refractivity contribution in [2.24, 2.45) is 5.90 Å². The van der Waals surface area contributed by atoms with Gasteiger partial charge in [0.2, 0.25) is 0 Å². The SMILES string of the molecule is C=Cc1cncc(CON)c1. The van der Waals surface area contributed by atoms with E-state index in [1.165, 1.54) is 0 Å². The molecule has 0 aromatic carbocycles. The summed E-state index contributed by atoms with van der Waals surface area (Å²) < 4.78 is 0. The number of aromatic nitrogens is 1. The zero-order chi connectivity index (χ0) is 8.10. The van der Waals surface area contributed by atoms with Crippen molar-refractivity contribution >= 4 is 6.08 Å². The number of hydrogen-bond acceptors (Lipinski definition) is 3. The van der Waals surface area contributed by atoms with Crippen LogP contribution in [-0.4, -0.2) is 4.98 Å². The summed E-state index contributed by atoms with van der Waals surface area (Å²) in [7, 11) is 0. The lowest BCUT2D eigenvalue weighted by Gasteiger charge is -1.98. The highest BCUT2D eigenvalue weighted by Crippen LogP contribution is 2.03. The molecule has 2 N–H and O–H groups in total. The van der Waals surface area contributed by atoms with Crippen molar-refractivity contribution in [1.82, 2.24) is 4.98 Å². The molecule has 0 unspecified atom stereocenters. The van der Waals surface area contributed by atoms with Gasteiger partial charge >= 0.3 is 0 Å². The fourth-order valence-electron chi connectivity index (χ4n) is 0.794. The van der Waals surface area contributed by atoms with Crippen LogP contribution in [0.4, 0.5) is 0 Å². The normalized spacial score (nSPS) is 9.55. The van der Waals surface area contributed by atoms with E-state index in [2.05, 4.69) is 16.4 Å². The summed E-state index contributed by atoms with van der Waals surface area (Å²) in [6.07, 6.45) is 5.17. The smallest absolute Gasteiger partial charge is 0.0945 e. The zero-order valence-corrected chi connectivity index (χ0v) is 6.16. The predicted molar refractivity (Wildman–Crippen MR) is 43.3 cm³/mol. The summed E-state index contributed by atoms with van der Waals surface area (Å²) in [5.41, 5.74) is 1.92. The Kier molecular flexibility index (Phi) is 2.77. The van der Waals surface area contributed by atoms with E-state index in [9.17, 15) is 0 Å². The van der Waals surface area contributed by atoms with Crippen LogP contribution < -0.4 is 5.90 Å². The van der Waals surface area contributed by atoms with Gasteiger partial charge in [-0.1, -0.05) is 12.7 Å². The number of rotatable bonds is 3. The number of nitrogens with two attached hydrogens (primary N) is 1. The highest BCUT2D eigenvalue weighted by atomic mass is 16.6. The first-order valence-corrected chi connectivity index (χ1v) is 3.25. The van der Waals surface area contributed by atoms with Crippen LogP contribution >= 0.6 is 0 Å². The van der Waals surface area contributed by atoms with Gasteiger partial charge < -0.3 is 0 Å². The molecule has 0 aliphatic heterocycles. The maximum absolute atomic E-state index is 4.90. The quantitative estimate of drug-likeness (QED) is 0.657. The maximum Gasteiger partial charge on any atom is 0.0945 e. The average molecular weight is 150 g/mol. The standard InChI is InChI=1S/C8H10N2O/c1-2-7-3-8(6-11-9)5-10-4-7/h2-5H,1,6,9H2. The van der Waals surface area contributed by atoms with Crippen LogP contribution in [-0.2, 0) is 11.4 Å². The van der Waals surface area contributed by atoms with Gasteiger partial charge in [0, 0.05) is 12.4 Å².